The second kappa shape index (κ2) is 9.18. The molecule has 0 spiro atoms. The lowest BCUT2D eigenvalue weighted by Crippen LogP contribution is -2.35. The van der Waals surface area contributed by atoms with Crippen LogP contribution in [0.1, 0.15) is 19.4 Å². The second-order valence-electron chi connectivity index (χ2n) is 4.82. The van der Waals surface area contributed by atoms with Gasteiger partial charge < -0.3 is 0 Å². The summed E-state index contributed by atoms with van der Waals surface area (Å²) >= 11 is 0. The molecule has 2 aromatic rings. The van der Waals surface area contributed by atoms with E-state index in [1.54, 1.807) is 6.21 Å². The highest BCUT2D eigenvalue weighted by Gasteiger charge is 2.05. The third-order valence-electron chi connectivity index (χ3n) is 3.48. The van der Waals surface area contributed by atoms with Gasteiger partial charge in [0.2, 0.25) is 0 Å². The number of hydrogen-bond acceptors (Lipinski definition) is 3. The van der Waals surface area contributed by atoms with Crippen molar-refractivity contribution in [3.05, 3.63) is 48.0 Å². The van der Waals surface area contributed by atoms with Crippen molar-refractivity contribution in [3.8, 4) is 0 Å². The van der Waals surface area contributed by atoms with Crippen molar-refractivity contribution in [2.45, 2.75) is 13.8 Å². The van der Waals surface area contributed by atoms with Gasteiger partial charge in [0.05, 0.1) is 12.8 Å². The van der Waals surface area contributed by atoms with Crippen LogP contribution >= 0.6 is 12.4 Å². The number of carbonyl (C=O) groups is 1. The zero-order valence-electron chi connectivity index (χ0n) is 13.0. The van der Waals surface area contributed by atoms with Crippen LogP contribution in [0.5, 0.6) is 0 Å². The Morgan fingerprint density at radius 1 is 1.14 bits per heavy atom. The van der Waals surface area contributed by atoms with Crippen LogP contribution < -0.4 is 5.43 Å². The first-order chi connectivity index (χ1) is 10.2. The lowest BCUT2D eigenvalue weighted by Gasteiger charge is -2.15. The minimum Gasteiger partial charge on any atom is -0.295 e. The van der Waals surface area contributed by atoms with Crippen LogP contribution in [0, 0.1) is 0 Å². The number of amides is 1. The van der Waals surface area contributed by atoms with Gasteiger partial charge in [0.25, 0.3) is 5.91 Å². The first-order valence-electron chi connectivity index (χ1n) is 7.26. The Morgan fingerprint density at radius 2 is 1.82 bits per heavy atom. The number of halogens is 1. The lowest BCUT2D eigenvalue weighted by molar-refractivity contribution is -0.122. The molecule has 118 valence electrons. The number of hydrazone groups is 1. The molecule has 0 aliphatic rings. The Labute approximate surface area is 137 Å². The molecule has 0 fully saturated rings. The topological polar surface area (TPSA) is 44.7 Å². The molecule has 0 saturated heterocycles. The van der Waals surface area contributed by atoms with E-state index >= 15 is 0 Å². The minimum atomic E-state index is -0.0878. The van der Waals surface area contributed by atoms with E-state index in [0.717, 1.165) is 29.4 Å². The van der Waals surface area contributed by atoms with Gasteiger partial charge in [-0.25, -0.2) is 5.43 Å². The van der Waals surface area contributed by atoms with Crippen LogP contribution in [-0.4, -0.2) is 36.7 Å². The van der Waals surface area contributed by atoms with E-state index < -0.39 is 0 Å². The van der Waals surface area contributed by atoms with Crippen molar-refractivity contribution in [1.29, 1.82) is 0 Å². The maximum atomic E-state index is 11.8. The van der Waals surface area contributed by atoms with Crippen LogP contribution in [0.15, 0.2) is 47.6 Å². The van der Waals surface area contributed by atoms with Gasteiger partial charge in [0.1, 0.15) is 0 Å². The summed E-state index contributed by atoms with van der Waals surface area (Å²) in [6, 6.07) is 14.2. The van der Waals surface area contributed by atoms with Crippen molar-refractivity contribution in [1.82, 2.24) is 10.3 Å². The summed E-state index contributed by atoms with van der Waals surface area (Å²) in [5, 5.41) is 6.35. The van der Waals surface area contributed by atoms with Gasteiger partial charge in [-0.15, -0.1) is 12.4 Å². The Balaban J connectivity index is 0.00000242. The summed E-state index contributed by atoms with van der Waals surface area (Å²) in [4.78, 5) is 13.8. The SMILES string of the molecule is CCN(CC)CC(=O)N/N=C/c1cccc2ccccc12.Cl. The number of nitrogens with one attached hydrogen (secondary N) is 1. The third kappa shape index (κ3) is 4.83. The summed E-state index contributed by atoms with van der Waals surface area (Å²) < 4.78 is 0. The number of benzene rings is 2. The molecule has 0 radical (unpaired) electrons. The van der Waals surface area contributed by atoms with Crippen molar-refractivity contribution >= 4 is 35.3 Å². The summed E-state index contributed by atoms with van der Waals surface area (Å²) in [6.07, 6.45) is 1.70. The number of rotatable bonds is 6. The molecule has 5 heteroatoms. The summed E-state index contributed by atoms with van der Waals surface area (Å²) in [5.41, 5.74) is 3.58. The Bertz CT molecular complexity index is 633. The van der Waals surface area contributed by atoms with Crippen molar-refractivity contribution in [3.63, 3.8) is 0 Å². The van der Waals surface area contributed by atoms with Gasteiger partial charge >= 0.3 is 0 Å². The highest BCUT2D eigenvalue weighted by Crippen LogP contribution is 2.16. The summed E-state index contributed by atoms with van der Waals surface area (Å²) in [5.74, 6) is -0.0878. The van der Waals surface area contributed by atoms with Crippen molar-refractivity contribution in [2.75, 3.05) is 19.6 Å². The van der Waals surface area contributed by atoms with E-state index in [4.69, 9.17) is 0 Å². The minimum absolute atomic E-state index is 0. The predicted octanol–water partition coefficient (Wildman–Crippen LogP) is 3.05. The summed E-state index contributed by atoms with van der Waals surface area (Å²) in [6.45, 7) is 6.17. The lowest BCUT2D eigenvalue weighted by atomic mass is 10.1. The standard InChI is InChI=1S/C17H21N3O.ClH/c1-3-20(4-2)13-17(21)19-18-12-15-10-7-9-14-8-5-6-11-16(14)15;/h5-12H,3-4,13H2,1-2H3,(H,19,21);1H/b18-12+;. The largest absolute Gasteiger partial charge is 0.295 e. The van der Waals surface area contributed by atoms with E-state index in [-0.39, 0.29) is 18.3 Å². The highest BCUT2D eigenvalue weighted by molar-refractivity contribution is 5.99. The number of likely N-dealkylation sites (N-methyl/N-ethyl adjacent to an activating group) is 1. The fraction of sp³-hybridized carbons (Fsp3) is 0.294. The maximum Gasteiger partial charge on any atom is 0.254 e. The zero-order valence-corrected chi connectivity index (χ0v) is 13.8. The fourth-order valence-electron chi connectivity index (χ4n) is 2.22. The number of carbonyl (C=O) groups excluding carboxylic acids is 1. The van der Waals surface area contributed by atoms with Crippen LogP contribution in [0.25, 0.3) is 10.8 Å². The molecule has 2 aromatic carbocycles. The monoisotopic (exact) mass is 319 g/mol. The molecule has 4 nitrogen and oxygen atoms in total. The van der Waals surface area contributed by atoms with E-state index in [1.807, 2.05) is 43.0 Å². The molecule has 1 amide bonds. The van der Waals surface area contributed by atoms with Crippen LogP contribution in [-0.2, 0) is 4.79 Å². The molecule has 0 aromatic heterocycles. The van der Waals surface area contributed by atoms with E-state index in [2.05, 4.69) is 28.7 Å². The molecule has 0 saturated carbocycles. The average Bonchev–Trinajstić information content (AvgIpc) is 2.53. The smallest absolute Gasteiger partial charge is 0.254 e. The highest BCUT2D eigenvalue weighted by atomic mass is 35.5. The molecular formula is C17H22ClN3O. The molecule has 0 heterocycles. The van der Waals surface area contributed by atoms with Crippen LogP contribution in [0.2, 0.25) is 0 Å². The average molecular weight is 320 g/mol. The molecule has 0 atom stereocenters. The predicted molar refractivity (Wildman–Crippen MR) is 94.7 cm³/mol. The molecule has 0 aliphatic carbocycles. The van der Waals surface area contributed by atoms with Gasteiger partial charge in [-0.2, -0.15) is 5.10 Å². The summed E-state index contributed by atoms with van der Waals surface area (Å²) in [7, 11) is 0. The quantitative estimate of drug-likeness (QED) is 0.657. The first-order valence-corrected chi connectivity index (χ1v) is 7.26. The van der Waals surface area contributed by atoms with Crippen LogP contribution in [0.4, 0.5) is 0 Å². The normalized spacial score (nSPS) is 10.9. The molecule has 22 heavy (non-hydrogen) atoms. The molecule has 0 bridgehead atoms. The zero-order chi connectivity index (χ0) is 15.1. The van der Waals surface area contributed by atoms with Crippen LogP contribution in [0.3, 0.4) is 0 Å². The van der Waals surface area contributed by atoms with Crippen molar-refractivity contribution < 1.29 is 4.79 Å². The van der Waals surface area contributed by atoms with Gasteiger partial charge in [-0.05, 0) is 23.9 Å². The second-order valence-corrected chi connectivity index (χ2v) is 4.82. The third-order valence-corrected chi connectivity index (χ3v) is 3.48. The van der Waals surface area contributed by atoms with Gasteiger partial charge in [-0.3, -0.25) is 9.69 Å². The number of nitrogens with zero attached hydrogens (tertiary/aromatic N) is 2. The Morgan fingerprint density at radius 3 is 2.55 bits per heavy atom. The van der Waals surface area contributed by atoms with E-state index in [9.17, 15) is 4.79 Å². The molecule has 0 unspecified atom stereocenters. The molecule has 1 N–H and O–H groups in total. The Hall–Kier alpha value is -1.91. The number of hydrogen-bond donors (Lipinski definition) is 1. The van der Waals surface area contributed by atoms with Gasteiger partial charge in [0.15, 0.2) is 0 Å². The maximum absolute atomic E-state index is 11.8. The van der Waals surface area contributed by atoms with Gasteiger partial charge in [0, 0.05) is 5.56 Å². The fourth-order valence-corrected chi connectivity index (χ4v) is 2.22. The van der Waals surface area contributed by atoms with E-state index in [1.165, 1.54) is 0 Å². The first kappa shape index (κ1) is 18.1. The van der Waals surface area contributed by atoms with E-state index in [0.29, 0.717) is 6.54 Å². The molecule has 2 rings (SSSR count). The van der Waals surface area contributed by atoms with Gasteiger partial charge in [-0.1, -0.05) is 56.3 Å². The molecular weight excluding hydrogens is 298 g/mol. The molecule has 0 aliphatic heterocycles. The Kier molecular flexibility index (Phi) is 7.57. The van der Waals surface area contributed by atoms with Crippen molar-refractivity contribution in [2.24, 2.45) is 5.10 Å². The number of fused-ring (bicyclic) bond motifs is 1.